The average molecular weight is 485 g/mol. The van der Waals surface area contributed by atoms with Crippen LogP contribution >= 0.6 is 24.0 Å². The Labute approximate surface area is 165 Å². The van der Waals surface area contributed by atoms with Gasteiger partial charge in [-0.25, -0.2) is 17.8 Å². The lowest BCUT2D eigenvalue weighted by Crippen LogP contribution is -2.44. The van der Waals surface area contributed by atoms with Crippen LogP contribution < -0.4 is 15.4 Å². The number of ether oxygens (including phenoxy) is 1. The summed E-state index contributed by atoms with van der Waals surface area (Å²) in [5.41, 5.74) is 0. The molecule has 0 amide bonds. The van der Waals surface area contributed by atoms with Gasteiger partial charge in [-0.15, -0.1) is 24.0 Å². The highest BCUT2D eigenvalue weighted by Gasteiger charge is 2.28. The fraction of sp³-hybridized carbons (Fsp3) is 0.562. The van der Waals surface area contributed by atoms with E-state index in [4.69, 9.17) is 4.74 Å². The molecule has 2 unspecified atom stereocenters. The highest BCUT2D eigenvalue weighted by molar-refractivity contribution is 14.0. The molecule has 142 valence electrons. The maximum atomic E-state index is 13.1. The second-order valence-electron chi connectivity index (χ2n) is 5.85. The SMILES string of the molecule is CCNC(=NCC(C)Oc1cccc(F)c1)NC1CCS(=O)(=O)C1.I. The van der Waals surface area contributed by atoms with Crippen LogP contribution in [0.15, 0.2) is 29.3 Å². The molecule has 2 N–H and O–H groups in total. The van der Waals surface area contributed by atoms with E-state index < -0.39 is 9.84 Å². The van der Waals surface area contributed by atoms with Crippen molar-refractivity contribution in [2.45, 2.75) is 32.4 Å². The van der Waals surface area contributed by atoms with Crippen LogP contribution in [0.3, 0.4) is 0 Å². The summed E-state index contributed by atoms with van der Waals surface area (Å²) in [5.74, 6) is 1.02. The van der Waals surface area contributed by atoms with Crippen molar-refractivity contribution in [3.8, 4) is 5.75 Å². The van der Waals surface area contributed by atoms with Gasteiger partial charge in [0.15, 0.2) is 15.8 Å². The highest BCUT2D eigenvalue weighted by Crippen LogP contribution is 2.14. The van der Waals surface area contributed by atoms with Crippen LogP contribution in [0.2, 0.25) is 0 Å². The van der Waals surface area contributed by atoms with Crippen LogP contribution in [0, 0.1) is 5.82 Å². The fourth-order valence-corrected chi connectivity index (χ4v) is 4.13. The number of guanidine groups is 1. The Bertz CT molecular complexity index is 685. The Kier molecular flexibility index (Phi) is 8.91. The molecule has 1 aromatic rings. The summed E-state index contributed by atoms with van der Waals surface area (Å²) < 4.78 is 41.8. The van der Waals surface area contributed by atoms with Crippen LogP contribution in [0.25, 0.3) is 0 Å². The average Bonchev–Trinajstić information content (AvgIpc) is 2.84. The number of sulfone groups is 1. The molecule has 1 saturated heterocycles. The summed E-state index contributed by atoms with van der Waals surface area (Å²) in [6.07, 6.45) is 0.344. The molecular weight excluding hydrogens is 460 g/mol. The normalized spacial score (nSPS) is 20.4. The first-order valence-electron chi connectivity index (χ1n) is 8.05. The molecule has 2 rings (SSSR count). The van der Waals surface area contributed by atoms with E-state index in [9.17, 15) is 12.8 Å². The Morgan fingerprint density at radius 3 is 2.84 bits per heavy atom. The standard InChI is InChI=1S/C16H24FN3O3S.HI/c1-3-18-16(20-14-7-8-24(21,22)11-14)19-10-12(2)23-15-6-4-5-13(17)9-15;/h4-6,9,12,14H,3,7-8,10-11H2,1-2H3,(H2,18,19,20);1H. The summed E-state index contributed by atoms with van der Waals surface area (Å²) >= 11 is 0. The first kappa shape index (κ1) is 21.9. The predicted molar refractivity (Wildman–Crippen MR) is 108 cm³/mol. The third-order valence-electron chi connectivity index (χ3n) is 3.56. The van der Waals surface area contributed by atoms with E-state index in [1.165, 1.54) is 12.1 Å². The van der Waals surface area contributed by atoms with E-state index in [1.54, 1.807) is 12.1 Å². The van der Waals surface area contributed by atoms with Crippen LogP contribution in [0.4, 0.5) is 4.39 Å². The number of aliphatic imine (C=N–C) groups is 1. The molecule has 6 nitrogen and oxygen atoms in total. The van der Waals surface area contributed by atoms with Gasteiger partial charge >= 0.3 is 0 Å². The topological polar surface area (TPSA) is 79.8 Å². The molecule has 1 aliphatic rings. The van der Waals surface area contributed by atoms with Crippen molar-refractivity contribution >= 4 is 39.8 Å². The molecule has 0 saturated carbocycles. The molecule has 1 aromatic carbocycles. The van der Waals surface area contributed by atoms with Gasteiger partial charge in [-0.05, 0) is 32.4 Å². The molecule has 0 aromatic heterocycles. The van der Waals surface area contributed by atoms with Crippen molar-refractivity contribution in [1.29, 1.82) is 0 Å². The Balaban J connectivity index is 0.00000312. The molecule has 25 heavy (non-hydrogen) atoms. The summed E-state index contributed by atoms with van der Waals surface area (Å²) in [6.45, 7) is 4.82. The lowest BCUT2D eigenvalue weighted by atomic mass is 10.3. The summed E-state index contributed by atoms with van der Waals surface area (Å²) in [5, 5.41) is 6.24. The molecule has 0 aliphatic carbocycles. The fourth-order valence-electron chi connectivity index (χ4n) is 2.45. The van der Waals surface area contributed by atoms with Gasteiger partial charge in [-0.1, -0.05) is 6.07 Å². The van der Waals surface area contributed by atoms with E-state index in [0.29, 0.717) is 31.2 Å². The van der Waals surface area contributed by atoms with Gasteiger partial charge in [0, 0.05) is 18.7 Å². The molecule has 1 aliphatic heterocycles. The Hall–Kier alpha value is -1.10. The molecular formula is C16H25FIN3O3S. The Morgan fingerprint density at radius 1 is 1.48 bits per heavy atom. The second-order valence-corrected chi connectivity index (χ2v) is 8.08. The van der Waals surface area contributed by atoms with Crippen molar-refractivity contribution in [2.24, 2.45) is 4.99 Å². The van der Waals surface area contributed by atoms with E-state index in [-0.39, 0.29) is 53.4 Å². The van der Waals surface area contributed by atoms with Gasteiger partial charge in [0.05, 0.1) is 18.1 Å². The number of halogens is 2. The van der Waals surface area contributed by atoms with Gasteiger partial charge in [0.1, 0.15) is 17.7 Å². The number of benzene rings is 1. The van der Waals surface area contributed by atoms with Gasteiger partial charge in [-0.2, -0.15) is 0 Å². The summed E-state index contributed by atoms with van der Waals surface area (Å²) in [7, 11) is -2.94. The number of hydrogen-bond acceptors (Lipinski definition) is 4. The number of nitrogens with one attached hydrogen (secondary N) is 2. The zero-order valence-corrected chi connectivity index (χ0v) is 17.5. The minimum Gasteiger partial charge on any atom is -0.489 e. The van der Waals surface area contributed by atoms with Gasteiger partial charge in [0.25, 0.3) is 0 Å². The minimum absolute atomic E-state index is 0. The Morgan fingerprint density at radius 2 is 2.24 bits per heavy atom. The minimum atomic E-state index is -2.94. The first-order valence-corrected chi connectivity index (χ1v) is 9.87. The van der Waals surface area contributed by atoms with Crippen molar-refractivity contribution in [2.75, 3.05) is 24.6 Å². The van der Waals surface area contributed by atoms with Crippen LogP contribution in [-0.4, -0.2) is 51.1 Å². The second kappa shape index (κ2) is 10.1. The van der Waals surface area contributed by atoms with Crippen LogP contribution in [0.5, 0.6) is 5.75 Å². The van der Waals surface area contributed by atoms with Gasteiger partial charge < -0.3 is 15.4 Å². The number of rotatable bonds is 6. The quantitative estimate of drug-likeness (QED) is 0.366. The number of hydrogen-bond donors (Lipinski definition) is 2. The molecule has 9 heteroatoms. The lowest BCUT2D eigenvalue weighted by Gasteiger charge is -2.17. The zero-order chi connectivity index (χ0) is 17.6. The monoisotopic (exact) mass is 485 g/mol. The van der Waals surface area contributed by atoms with Crippen LogP contribution in [-0.2, 0) is 9.84 Å². The predicted octanol–water partition coefficient (Wildman–Crippen LogP) is 1.95. The summed E-state index contributed by atoms with van der Waals surface area (Å²) in [6, 6.07) is 5.85. The van der Waals surface area contributed by atoms with Gasteiger partial charge in [-0.3, -0.25) is 0 Å². The van der Waals surface area contributed by atoms with Crippen molar-refractivity contribution < 1.29 is 17.5 Å². The van der Waals surface area contributed by atoms with Crippen molar-refractivity contribution in [3.63, 3.8) is 0 Å². The smallest absolute Gasteiger partial charge is 0.191 e. The van der Waals surface area contributed by atoms with E-state index >= 15 is 0 Å². The largest absolute Gasteiger partial charge is 0.489 e. The zero-order valence-electron chi connectivity index (χ0n) is 14.4. The molecule has 2 atom stereocenters. The molecule has 1 fully saturated rings. The van der Waals surface area contributed by atoms with Crippen molar-refractivity contribution in [3.05, 3.63) is 30.1 Å². The first-order chi connectivity index (χ1) is 11.4. The van der Waals surface area contributed by atoms with Crippen LogP contribution in [0.1, 0.15) is 20.3 Å². The van der Waals surface area contributed by atoms with E-state index in [2.05, 4.69) is 15.6 Å². The maximum absolute atomic E-state index is 13.1. The molecule has 0 radical (unpaired) electrons. The maximum Gasteiger partial charge on any atom is 0.191 e. The molecule has 0 spiro atoms. The molecule has 0 bridgehead atoms. The van der Waals surface area contributed by atoms with E-state index in [1.807, 2.05) is 13.8 Å². The third kappa shape index (κ3) is 7.76. The lowest BCUT2D eigenvalue weighted by molar-refractivity contribution is 0.229. The third-order valence-corrected chi connectivity index (χ3v) is 5.33. The molecule has 1 heterocycles. The number of nitrogens with zero attached hydrogens (tertiary/aromatic N) is 1. The van der Waals surface area contributed by atoms with Crippen molar-refractivity contribution in [1.82, 2.24) is 10.6 Å². The van der Waals surface area contributed by atoms with Gasteiger partial charge in [0.2, 0.25) is 0 Å². The summed E-state index contributed by atoms with van der Waals surface area (Å²) in [4.78, 5) is 4.42. The highest BCUT2D eigenvalue weighted by atomic mass is 127. The van der Waals surface area contributed by atoms with E-state index in [0.717, 1.165) is 0 Å².